The molecule has 0 aliphatic heterocycles. The van der Waals surface area contributed by atoms with Crippen LogP contribution >= 0.6 is 11.3 Å². The molecule has 39 heavy (non-hydrogen) atoms. The molecule has 3 N–H and O–H groups in total. The minimum absolute atomic E-state index is 0.0282. The van der Waals surface area contributed by atoms with Crippen molar-refractivity contribution in [3.05, 3.63) is 60.0 Å². The van der Waals surface area contributed by atoms with Gasteiger partial charge >= 0.3 is 0 Å². The fourth-order valence-corrected chi connectivity index (χ4v) is 5.60. The molecular weight excluding hydrogens is 512 g/mol. The number of nitrogens with one attached hydrogen (secondary N) is 3. The zero-order chi connectivity index (χ0) is 26.5. The molecular formula is C28H22N8O2S. The molecule has 6 aromatic rings. The highest BCUT2D eigenvalue weighted by atomic mass is 32.1. The molecule has 7 rings (SSSR count). The summed E-state index contributed by atoms with van der Waals surface area (Å²) in [6.45, 7) is 1.56. The summed E-state index contributed by atoms with van der Waals surface area (Å²) in [5, 5.41) is 10.5. The molecule has 0 radical (unpaired) electrons. The van der Waals surface area contributed by atoms with Crippen molar-refractivity contribution in [2.45, 2.75) is 26.2 Å². The number of imidazole rings is 1. The standard InChI is InChI=1S/C28H22N8O2S/c1-14(37)22-7-8-23(39-22)18-12-30-13-21-24(18)34-27(33-21)26-25-20(35-36-26)6-5-19(32-25)16-9-17(11-29-10-16)31-28(38)15-3-2-4-15/h5-13,15H,2-4H2,1H3,(H,31,38)(H,33,34)(H,35,36). The Morgan fingerprint density at radius 2 is 1.85 bits per heavy atom. The van der Waals surface area contributed by atoms with Gasteiger partial charge in [0, 0.05) is 34.3 Å². The summed E-state index contributed by atoms with van der Waals surface area (Å²) in [7, 11) is 0. The molecule has 0 unspecified atom stereocenters. The van der Waals surface area contributed by atoms with E-state index in [0.29, 0.717) is 33.3 Å². The Labute approximate surface area is 226 Å². The van der Waals surface area contributed by atoms with E-state index in [-0.39, 0.29) is 17.6 Å². The highest BCUT2D eigenvalue weighted by Crippen LogP contribution is 2.35. The van der Waals surface area contributed by atoms with Gasteiger partial charge in [-0.2, -0.15) is 5.10 Å². The van der Waals surface area contributed by atoms with Crippen molar-refractivity contribution in [3.63, 3.8) is 0 Å². The molecule has 1 saturated carbocycles. The van der Waals surface area contributed by atoms with Crippen LogP contribution < -0.4 is 5.32 Å². The average molecular weight is 535 g/mol. The number of hydrogen-bond donors (Lipinski definition) is 3. The topological polar surface area (TPSA) is 142 Å². The summed E-state index contributed by atoms with van der Waals surface area (Å²) >= 11 is 1.42. The molecule has 1 amide bonds. The summed E-state index contributed by atoms with van der Waals surface area (Å²) in [6.07, 6.45) is 9.82. The molecule has 6 heterocycles. The molecule has 0 spiro atoms. The molecule has 192 valence electrons. The number of nitrogens with zero attached hydrogens (tertiary/aromatic N) is 5. The lowest BCUT2D eigenvalue weighted by atomic mass is 9.85. The second-order valence-corrected chi connectivity index (χ2v) is 10.7. The maximum Gasteiger partial charge on any atom is 0.227 e. The minimum atomic E-state index is 0.0282. The van der Waals surface area contributed by atoms with E-state index in [4.69, 9.17) is 9.97 Å². The van der Waals surface area contributed by atoms with Crippen LogP contribution in [0, 0.1) is 5.92 Å². The molecule has 1 fully saturated rings. The van der Waals surface area contributed by atoms with Crippen molar-refractivity contribution in [1.29, 1.82) is 0 Å². The number of pyridine rings is 3. The SMILES string of the molecule is CC(=O)c1ccc(-c2cncc3[nH]c(-c4n[nH]c5ccc(-c6cncc(NC(=O)C7CCC7)c6)nc45)nc23)s1. The fourth-order valence-electron chi connectivity index (χ4n) is 4.69. The third-order valence-corrected chi connectivity index (χ3v) is 8.24. The molecule has 10 nitrogen and oxygen atoms in total. The Kier molecular flexibility index (Phi) is 5.51. The number of anilines is 1. The van der Waals surface area contributed by atoms with Gasteiger partial charge in [-0.15, -0.1) is 11.3 Å². The number of Topliss-reactive ketones (excluding diaryl/α,β-unsaturated/α-hetero) is 1. The molecule has 0 bridgehead atoms. The predicted molar refractivity (Wildman–Crippen MR) is 149 cm³/mol. The highest BCUT2D eigenvalue weighted by Gasteiger charge is 2.25. The summed E-state index contributed by atoms with van der Waals surface area (Å²) in [4.78, 5) is 47.6. The van der Waals surface area contributed by atoms with Gasteiger partial charge in [0.15, 0.2) is 17.3 Å². The second kappa shape index (κ2) is 9.21. The Balaban J connectivity index is 1.25. The van der Waals surface area contributed by atoms with Crippen molar-refractivity contribution in [2.24, 2.45) is 5.92 Å². The van der Waals surface area contributed by atoms with Crippen LogP contribution in [0.3, 0.4) is 0 Å². The van der Waals surface area contributed by atoms with E-state index in [1.54, 1.807) is 31.7 Å². The number of rotatable bonds is 6. The molecule has 11 heteroatoms. The number of thiophene rings is 1. The first kappa shape index (κ1) is 23.4. The number of carbonyl (C=O) groups is 2. The van der Waals surface area contributed by atoms with Crippen molar-refractivity contribution in [1.82, 2.24) is 35.1 Å². The van der Waals surface area contributed by atoms with Gasteiger partial charge in [0.05, 0.1) is 39.7 Å². The molecule has 1 aliphatic carbocycles. The predicted octanol–water partition coefficient (Wildman–Crippen LogP) is 5.63. The first-order chi connectivity index (χ1) is 19.0. The lowest BCUT2D eigenvalue weighted by Gasteiger charge is -2.24. The van der Waals surface area contributed by atoms with Crippen LogP contribution in [0.2, 0.25) is 0 Å². The number of fused-ring (bicyclic) bond motifs is 2. The number of H-pyrrole nitrogens is 2. The van der Waals surface area contributed by atoms with E-state index in [2.05, 4.69) is 30.5 Å². The number of amides is 1. The van der Waals surface area contributed by atoms with Gasteiger partial charge < -0.3 is 10.3 Å². The second-order valence-electron chi connectivity index (χ2n) is 9.63. The minimum Gasteiger partial charge on any atom is -0.335 e. The van der Waals surface area contributed by atoms with E-state index in [1.807, 2.05) is 30.3 Å². The number of hydrogen-bond acceptors (Lipinski definition) is 8. The zero-order valence-corrected chi connectivity index (χ0v) is 21.7. The number of ketones is 1. The monoisotopic (exact) mass is 534 g/mol. The lowest BCUT2D eigenvalue weighted by molar-refractivity contribution is -0.122. The lowest BCUT2D eigenvalue weighted by Crippen LogP contribution is -2.28. The Morgan fingerprint density at radius 1 is 0.974 bits per heavy atom. The van der Waals surface area contributed by atoms with Gasteiger partial charge in [0.2, 0.25) is 5.91 Å². The van der Waals surface area contributed by atoms with Crippen molar-refractivity contribution in [3.8, 4) is 33.2 Å². The van der Waals surface area contributed by atoms with Crippen LogP contribution in [0.5, 0.6) is 0 Å². The Hall–Kier alpha value is -4.77. The first-order valence-electron chi connectivity index (χ1n) is 12.6. The molecule has 6 aromatic heterocycles. The van der Waals surface area contributed by atoms with E-state index in [1.165, 1.54) is 11.3 Å². The molecule has 0 saturated heterocycles. The summed E-state index contributed by atoms with van der Waals surface area (Å²) in [5.41, 5.74) is 6.46. The van der Waals surface area contributed by atoms with Gasteiger partial charge in [-0.05, 0) is 50.1 Å². The summed E-state index contributed by atoms with van der Waals surface area (Å²) in [6, 6.07) is 9.43. The van der Waals surface area contributed by atoms with Crippen molar-refractivity contribution >= 4 is 50.8 Å². The van der Waals surface area contributed by atoms with Gasteiger partial charge in [-0.25, -0.2) is 9.97 Å². The van der Waals surface area contributed by atoms with Crippen LogP contribution in [0.1, 0.15) is 35.9 Å². The van der Waals surface area contributed by atoms with Gasteiger partial charge in [0.25, 0.3) is 0 Å². The van der Waals surface area contributed by atoms with Crippen molar-refractivity contribution in [2.75, 3.05) is 5.32 Å². The van der Waals surface area contributed by atoms with E-state index in [0.717, 1.165) is 51.8 Å². The number of carbonyl (C=O) groups excluding carboxylic acids is 2. The summed E-state index contributed by atoms with van der Waals surface area (Å²) < 4.78 is 0. The van der Waals surface area contributed by atoms with Gasteiger partial charge in [-0.1, -0.05) is 6.42 Å². The summed E-state index contributed by atoms with van der Waals surface area (Å²) in [5.74, 6) is 0.713. The van der Waals surface area contributed by atoms with E-state index in [9.17, 15) is 9.59 Å². The zero-order valence-electron chi connectivity index (χ0n) is 20.9. The maximum absolute atomic E-state index is 12.4. The highest BCUT2D eigenvalue weighted by molar-refractivity contribution is 7.17. The number of aromatic nitrogens is 7. The fraction of sp³-hybridized carbons (Fsp3) is 0.179. The third kappa shape index (κ3) is 4.16. The van der Waals surface area contributed by atoms with E-state index < -0.39 is 0 Å². The quantitative estimate of drug-likeness (QED) is 0.235. The van der Waals surface area contributed by atoms with Crippen LogP contribution in [0.25, 0.3) is 55.3 Å². The Morgan fingerprint density at radius 3 is 2.64 bits per heavy atom. The van der Waals surface area contributed by atoms with Crippen LogP contribution in [-0.4, -0.2) is 46.8 Å². The van der Waals surface area contributed by atoms with Crippen LogP contribution in [0.4, 0.5) is 5.69 Å². The van der Waals surface area contributed by atoms with Crippen LogP contribution in [0.15, 0.2) is 55.1 Å². The number of aromatic amines is 2. The maximum atomic E-state index is 12.4. The molecule has 0 atom stereocenters. The Bertz CT molecular complexity index is 1900. The average Bonchev–Trinajstić information content (AvgIpc) is 3.65. The van der Waals surface area contributed by atoms with Crippen molar-refractivity contribution < 1.29 is 9.59 Å². The normalized spacial score (nSPS) is 13.6. The molecule has 1 aliphatic rings. The largest absolute Gasteiger partial charge is 0.335 e. The molecule has 0 aromatic carbocycles. The third-order valence-electron chi connectivity index (χ3n) is 7.02. The van der Waals surface area contributed by atoms with E-state index >= 15 is 0 Å². The first-order valence-corrected chi connectivity index (χ1v) is 13.4. The van der Waals surface area contributed by atoms with Crippen LogP contribution in [-0.2, 0) is 4.79 Å². The smallest absolute Gasteiger partial charge is 0.227 e. The van der Waals surface area contributed by atoms with Gasteiger partial charge in [0.1, 0.15) is 11.0 Å². The van der Waals surface area contributed by atoms with Gasteiger partial charge in [-0.3, -0.25) is 24.7 Å².